The largest absolute Gasteiger partial charge is 0.497 e. The molecule has 1 aliphatic rings. The monoisotopic (exact) mass is 249 g/mol. The van der Waals surface area contributed by atoms with Gasteiger partial charge in [0.2, 0.25) is 0 Å². The maximum Gasteiger partial charge on any atom is 0.124 e. The Morgan fingerprint density at radius 1 is 1.06 bits per heavy atom. The number of nitrogens with one attached hydrogen (secondary N) is 1. The lowest BCUT2D eigenvalue weighted by atomic mass is 9.87. The van der Waals surface area contributed by atoms with Crippen molar-refractivity contribution in [1.29, 1.82) is 0 Å². The Kier molecular flexibility index (Phi) is 4.34. The Morgan fingerprint density at radius 2 is 1.72 bits per heavy atom. The highest BCUT2D eigenvalue weighted by Crippen LogP contribution is 2.30. The molecule has 2 atom stereocenters. The van der Waals surface area contributed by atoms with E-state index in [0.717, 1.165) is 23.1 Å². The maximum absolute atomic E-state index is 5.29. The molecule has 2 rings (SSSR count). The average molecular weight is 249 g/mol. The van der Waals surface area contributed by atoms with Crippen LogP contribution in [0.1, 0.15) is 32.6 Å². The van der Waals surface area contributed by atoms with Gasteiger partial charge in [-0.25, -0.2) is 0 Å². The predicted molar refractivity (Wildman–Crippen MR) is 74.6 cm³/mol. The van der Waals surface area contributed by atoms with Crippen molar-refractivity contribution in [3.63, 3.8) is 0 Å². The number of anilines is 1. The van der Waals surface area contributed by atoms with E-state index in [1.807, 2.05) is 18.2 Å². The molecule has 1 aliphatic carbocycles. The molecule has 0 aromatic heterocycles. The predicted octanol–water partition coefficient (Wildman–Crippen LogP) is 3.69. The van der Waals surface area contributed by atoms with Gasteiger partial charge in [0.15, 0.2) is 0 Å². The van der Waals surface area contributed by atoms with Crippen LogP contribution in [0, 0.1) is 5.92 Å². The number of methoxy groups -OCH3 is 2. The Hall–Kier alpha value is -1.38. The molecule has 0 aliphatic heterocycles. The quantitative estimate of drug-likeness (QED) is 0.882. The van der Waals surface area contributed by atoms with E-state index in [-0.39, 0.29) is 0 Å². The summed E-state index contributed by atoms with van der Waals surface area (Å²) in [5, 5.41) is 3.60. The smallest absolute Gasteiger partial charge is 0.124 e. The Balaban J connectivity index is 2.07. The molecular formula is C15H23NO2. The van der Waals surface area contributed by atoms with Gasteiger partial charge < -0.3 is 14.8 Å². The molecule has 1 aromatic carbocycles. The van der Waals surface area contributed by atoms with E-state index in [9.17, 15) is 0 Å². The fourth-order valence-electron chi connectivity index (χ4n) is 2.69. The lowest BCUT2D eigenvalue weighted by Crippen LogP contribution is -2.26. The van der Waals surface area contributed by atoms with Gasteiger partial charge in [-0.05, 0) is 18.8 Å². The molecule has 0 bridgehead atoms. The number of hydrogen-bond acceptors (Lipinski definition) is 3. The molecule has 0 heterocycles. The van der Waals surface area contributed by atoms with Gasteiger partial charge in [0.1, 0.15) is 11.5 Å². The molecule has 0 amide bonds. The van der Waals surface area contributed by atoms with Crippen LogP contribution < -0.4 is 14.8 Å². The van der Waals surface area contributed by atoms with E-state index in [4.69, 9.17) is 9.47 Å². The molecule has 1 aromatic rings. The summed E-state index contributed by atoms with van der Waals surface area (Å²) < 4.78 is 10.6. The van der Waals surface area contributed by atoms with Crippen LogP contribution in [0.5, 0.6) is 11.5 Å². The van der Waals surface area contributed by atoms with Gasteiger partial charge >= 0.3 is 0 Å². The van der Waals surface area contributed by atoms with Crippen LogP contribution in [-0.2, 0) is 0 Å². The topological polar surface area (TPSA) is 30.5 Å². The van der Waals surface area contributed by atoms with Gasteiger partial charge in [0.25, 0.3) is 0 Å². The first kappa shape index (κ1) is 13.1. The fourth-order valence-corrected chi connectivity index (χ4v) is 2.69. The van der Waals surface area contributed by atoms with Crippen LogP contribution in [-0.4, -0.2) is 20.3 Å². The molecule has 3 heteroatoms. The van der Waals surface area contributed by atoms with Crippen LogP contribution in [0.15, 0.2) is 18.2 Å². The molecule has 1 saturated carbocycles. The lowest BCUT2D eigenvalue weighted by molar-refractivity contribution is 0.358. The molecular weight excluding hydrogens is 226 g/mol. The minimum atomic E-state index is 0.575. The van der Waals surface area contributed by atoms with Gasteiger partial charge in [-0.3, -0.25) is 0 Å². The van der Waals surface area contributed by atoms with Crippen molar-refractivity contribution in [3.05, 3.63) is 18.2 Å². The lowest BCUT2D eigenvalue weighted by Gasteiger charge is -2.28. The van der Waals surface area contributed by atoms with Crippen molar-refractivity contribution < 1.29 is 9.47 Å². The summed E-state index contributed by atoms with van der Waals surface area (Å²) in [6, 6.07) is 6.53. The zero-order chi connectivity index (χ0) is 13.0. The van der Waals surface area contributed by atoms with Crippen molar-refractivity contribution in [2.45, 2.75) is 38.6 Å². The van der Waals surface area contributed by atoms with Gasteiger partial charge in [-0.15, -0.1) is 0 Å². The average Bonchev–Trinajstić information content (AvgIpc) is 2.38. The Morgan fingerprint density at radius 3 is 2.28 bits per heavy atom. The maximum atomic E-state index is 5.29. The first-order valence-electron chi connectivity index (χ1n) is 6.71. The van der Waals surface area contributed by atoms with E-state index in [1.165, 1.54) is 25.7 Å². The van der Waals surface area contributed by atoms with Crippen LogP contribution >= 0.6 is 0 Å². The molecule has 18 heavy (non-hydrogen) atoms. The number of hydrogen-bond donors (Lipinski definition) is 1. The van der Waals surface area contributed by atoms with Crippen molar-refractivity contribution >= 4 is 5.69 Å². The minimum absolute atomic E-state index is 0.575. The van der Waals surface area contributed by atoms with Crippen LogP contribution in [0.3, 0.4) is 0 Å². The highest BCUT2D eigenvalue weighted by molar-refractivity contribution is 5.54. The molecule has 0 radical (unpaired) electrons. The van der Waals surface area contributed by atoms with E-state index in [2.05, 4.69) is 12.2 Å². The van der Waals surface area contributed by atoms with E-state index in [1.54, 1.807) is 14.2 Å². The highest BCUT2D eigenvalue weighted by Gasteiger charge is 2.18. The molecule has 2 unspecified atom stereocenters. The van der Waals surface area contributed by atoms with Crippen LogP contribution in [0.2, 0.25) is 0 Å². The molecule has 3 nitrogen and oxygen atoms in total. The van der Waals surface area contributed by atoms with Crippen molar-refractivity contribution in [2.75, 3.05) is 19.5 Å². The second-order valence-corrected chi connectivity index (χ2v) is 5.21. The SMILES string of the molecule is COc1cc(NC2CCCC(C)C2)cc(OC)c1. The molecule has 1 fully saturated rings. The van der Waals surface area contributed by atoms with E-state index < -0.39 is 0 Å². The molecule has 100 valence electrons. The minimum Gasteiger partial charge on any atom is -0.497 e. The second kappa shape index (κ2) is 5.98. The summed E-state index contributed by atoms with van der Waals surface area (Å²) in [6.45, 7) is 2.33. The van der Waals surface area contributed by atoms with Crippen LogP contribution in [0.25, 0.3) is 0 Å². The van der Waals surface area contributed by atoms with Gasteiger partial charge in [-0.1, -0.05) is 19.8 Å². The number of rotatable bonds is 4. The zero-order valence-corrected chi connectivity index (χ0v) is 11.5. The molecule has 1 N–H and O–H groups in total. The first-order valence-corrected chi connectivity index (χ1v) is 6.71. The second-order valence-electron chi connectivity index (χ2n) is 5.21. The molecule has 0 spiro atoms. The summed E-state index contributed by atoms with van der Waals surface area (Å²) in [5.74, 6) is 2.49. The van der Waals surface area contributed by atoms with Crippen molar-refractivity contribution in [3.8, 4) is 11.5 Å². The van der Waals surface area contributed by atoms with Gasteiger partial charge in [-0.2, -0.15) is 0 Å². The Labute approximate surface area is 109 Å². The summed E-state index contributed by atoms with van der Waals surface area (Å²) in [4.78, 5) is 0. The summed E-state index contributed by atoms with van der Waals surface area (Å²) in [7, 11) is 3.36. The fraction of sp³-hybridized carbons (Fsp3) is 0.600. The van der Waals surface area contributed by atoms with Gasteiger partial charge in [0.05, 0.1) is 14.2 Å². The molecule has 0 saturated heterocycles. The number of ether oxygens (including phenoxy) is 2. The van der Waals surface area contributed by atoms with Gasteiger partial charge in [0, 0.05) is 29.9 Å². The normalized spacial score (nSPS) is 23.5. The Bertz CT molecular complexity index is 370. The highest BCUT2D eigenvalue weighted by atomic mass is 16.5. The third kappa shape index (κ3) is 3.31. The standard InChI is InChI=1S/C15H23NO2/c1-11-5-4-6-12(7-11)16-13-8-14(17-2)10-15(9-13)18-3/h8-12,16H,4-7H2,1-3H3. The van der Waals surface area contributed by atoms with E-state index in [0.29, 0.717) is 6.04 Å². The third-order valence-electron chi connectivity index (χ3n) is 3.66. The van der Waals surface area contributed by atoms with Crippen molar-refractivity contribution in [1.82, 2.24) is 0 Å². The zero-order valence-electron chi connectivity index (χ0n) is 11.5. The van der Waals surface area contributed by atoms with Crippen LogP contribution in [0.4, 0.5) is 5.69 Å². The number of benzene rings is 1. The first-order chi connectivity index (χ1) is 8.71. The summed E-state index contributed by atoms with van der Waals surface area (Å²) in [6.07, 6.45) is 5.18. The third-order valence-corrected chi connectivity index (χ3v) is 3.66. The summed E-state index contributed by atoms with van der Waals surface area (Å²) >= 11 is 0. The van der Waals surface area contributed by atoms with Crippen molar-refractivity contribution in [2.24, 2.45) is 5.92 Å². The summed E-state index contributed by atoms with van der Waals surface area (Å²) in [5.41, 5.74) is 1.09. The van der Waals surface area contributed by atoms with E-state index >= 15 is 0 Å².